The van der Waals surface area contributed by atoms with Crippen LogP contribution in [-0.4, -0.2) is 23.2 Å². The van der Waals surface area contributed by atoms with Crippen molar-refractivity contribution in [3.05, 3.63) is 29.8 Å². The number of ether oxygens (including phenoxy) is 1. The molecule has 17 heavy (non-hydrogen) atoms. The van der Waals surface area contributed by atoms with Crippen molar-refractivity contribution >= 4 is 5.91 Å². The summed E-state index contributed by atoms with van der Waals surface area (Å²) in [4.78, 5) is 11.2. The van der Waals surface area contributed by atoms with E-state index in [0.29, 0.717) is 11.3 Å². The first kappa shape index (κ1) is 11.9. The molecule has 1 fully saturated rings. The third-order valence-electron chi connectivity index (χ3n) is 3.10. The molecule has 0 spiro atoms. The number of hydrogen-bond donors (Lipinski definition) is 2. The summed E-state index contributed by atoms with van der Waals surface area (Å²) in [6.45, 7) is 0. The topological polar surface area (TPSA) is 72.6 Å². The van der Waals surface area contributed by atoms with Crippen molar-refractivity contribution in [2.45, 2.75) is 37.9 Å². The van der Waals surface area contributed by atoms with E-state index >= 15 is 0 Å². The Kier molecular flexibility index (Phi) is 3.64. The van der Waals surface area contributed by atoms with Gasteiger partial charge in [-0.05, 0) is 31.4 Å². The maximum Gasteiger partial charge on any atom is 0.252 e. The largest absolute Gasteiger partial charge is 0.487 e. The second-order valence-corrected chi connectivity index (χ2v) is 4.37. The van der Waals surface area contributed by atoms with Crippen molar-refractivity contribution in [1.82, 2.24) is 0 Å². The normalized spacial score (nSPS) is 24.3. The smallest absolute Gasteiger partial charge is 0.252 e. The summed E-state index contributed by atoms with van der Waals surface area (Å²) < 4.78 is 5.71. The molecule has 1 aliphatic rings. The van der Waals surface area contributed by atoms with E-state index < -0.39 is 12.0 Å². The van der Waals surface area contributed by atoms with Crippen molar-refractivity contribution in [2.75, 3.05) is 0 Å². The van der Waals surface area contributed by atoms with E-state index in [-0.39, 0.29) is 6.10 Å². The number of amides is 1. The zero-order valence-electron chi connectivity index (χ0n) is 9.63. The fraction of sp³-hybridized carbons (Fsp3) is 0.462. The first-order valence-corrected chi connectivity index (χ1v) is 5.92. The fourth-order valence-corrected chi connectivity index (χ4v) is 2.15. The third-order valence-corrected chi connectivity index (χ3v) is 3.10. The molecule has 0 radical (unpaired) electrons. The lowest BCUT2D eigenvalue weighted by Gasteiger charge is -2.28. The van der Waals surface area contributed by atoms with E-state index in [1.165, 1.54) is 0 Å². The molecule has 0 saturated heterocycles. The SMILES string of the molecule is NC(=O)c1ccccc1O[C@H]1CCCC[C@@H]1O. The van der Waals surface area contributed by atoms with Gasteiger partial charge in [0.25, 0.3) is 5.91 Å². The van der Waals surface area contributed by atoms with Gasteiger partial charge in [0.1, 0.15) is 11.9 Å². The lowest BCUT2D eigenvalue weighted by Crippen LogP contribution is -2.35. The van der Waals surface area contributed by atoms with Crippen LogP contribution in [0.2, 0.25) is 0 Å². The molecule has 4 nitrogen and oxygen atoms in total. The monoisotopic (exact) mass is 235 g/mol. The Labute approximate surface area is 100 Å². The number of aliphatic hydroxyl groups excluding tert-OH is 1. The number of carbonyl (C=O) groups excluding carboxylic acids is 1. The molecule has 92 valence electrons. The lowest BCUT2D eigenvalue weighted by atomic mass is 9.95. The predicted octanol–water partition coefficient (Wildman–Crippen LogP) is 1.47. The lowest BCUT2D eigenvalue weighted by molar-refractivity contribution is 0.00647. The van der Waals surface area contributed by atoms with Crippen molar-refractivity contribution in [1.29, 1.82) is 0 Å². The van der Waals surface area contributed by atoms with Crippen molar-refractivity contribution in [2.24, 2.45) is 5.73 Å². The molecule has 1 aliphatic carbocycles. The Hall–Kier alpha value is -1.55. The standard InChI is InChI=1S/C13H17NO3/c14-13(16)9-5-1-3-7-11(9)17-12-8-4-2-6-10(12)15/h1,3,5,7,10,12,15H,2,4,6,8H2,(H2,14,16)/t10-,12-/m0/s1. The molecule has 3 N–H and O–H groups in total. The van der Waals surface area contributed by atoms with E-state index in [1.54, 1.807) is 24.3 Å². The average molecular weight is 235 g/mol. The van der Waals surface area contributed by atoms with Gasteiger partial charge in [0.2, 0.25) is 0 Å². The molecule has 2 atom stereocenters. The summed E-state index contributed by atoms with van der Waals surface area (Å²) in [5.74, 6) is -0.0446. The van der Waals surface area contributed by atoms with Gasteiger partial charge in [0.15, 0.2) is 0 Å². The Morgan fingerprint density at radius 1 is 1.29 bits per heavy atom. The van der Waals surface area contributed by atoms with Gasteiger partial charge in [0, 0.05) is 0 Å². The average Bonchev–Trinajstić information content (AvgIpc) is 2.32. The quantitative estimate of drug-likeness (QED) is 0.833. The maximum absolute atomic E-state index is 11.2. The van der Waals surface area contributed by atoms with Crippen LogP contribution >= 0.6 is 0 Å². The van der Waals surface area contributed by atoms with Gasteiger partial charge in [-0.3, -0.25) is 4.79 Å². The van der Waals surface area contributed by atoms with Gasteiger partial charge in [-0.2, -0.15) is 0 Å². The Bertz CT molecular complexity index is 405. The van der Waals surface area contributed by atoms with E-state index in [1.807, 2.05) is 0 Å². The molecular weight excluding hydrogens is 218 g/mol. The third kappa shape index (κ3) is 2.77. The molecule has 1 aromatic rings. The highest BCUT2D eigenvalue weighted by atomic mass is 16.5. The number of nitrogens with two attached hydrogens (primary N) is 1. The number of para-hydroxylation sites is 1. The fourth-order valence-electron chi connectivity index (χ4n) is 2.15. The number of benzene rings is 1. The molecule has 1 amide bonds. The van der Waals surface area contributed by atoms with E-state index in [0.717, 1.165) is 25.7 Å². The minimum atomic E-state index is -0.508. The number of carbonyl (C=O) groups is 1. The highest BCUT2D eigenvalue weighted by Crippen LogP contribution is 2.26. The minimum absolute atomic E-state index is 0.232. The summed E-state index contributed by atoms with van der Waals surface area (Å²) in [7, 11) is 0. The zero-order chi connectivity index (χ0) is 12.3. The number of rotatable bonds is 3. The Morgan fingerprint density at radius 2 is 2.00 bits per heavy atom. The highest BCUT2D eigenvalue weighted by Gasteiger charge is 2.25. The van der Waals surface area contributed by atoms with Gasteiger partial charge in [0.05, 0.1) is 11.7 Å². The van der Waals surface area contributed by atoms with Gasteiger partial charge in [-0.1, -0.05) is 18.6 Å². The molecule has 0 aromatic heterocycles. The van der Waals surface area contributed by atoms with E-state index in [4.69, 9.17) is 10.5 Å². The van der Waals surface area contributed by atoms with Crippen LogP contribution < -0.4 is 10.5 Å². The summed E-state index contributed by atoms with van der Waals surface area (Å²) in [6.07, 6.45) is 2.95. The van der Waals surface area contributed by atoms with Crippen LogP contribution in [0.4, 0.5) is 0 Å². The molecule has 0 unspecified atom stereocenters. The summed E-state index contributed by atoms with van der Waals surface area (Å²) in [5, 5.41) is 9.82. The highest BCUT2D eigenvalue weighted by molar-refractivity contribution is 5.95. The Balaban J connectivity index is 2.14. The molecule has 4 heteroatoms. The summed E-state index contributed by atoms with van der Waals surface area (Å²) >= 11 is 0. The van der Waals surface area contributed by atoms with Crippen LogP contribution in [0.25, 0.3) is 0 Å². The van der Waals surface area contributed by atoms with Gasteiger partial charge >= 0.3 is 0 Å². The summed E-state index contributed by atoms with van der Waals surface area (Å²) in [5.41, 5.74) is 5.64. The van der Waals surface area contributed by atoms with Crippen molar-refractivity contribution < 1.29 is 14.6 Å². The van der Waals surface area contributed by atoms with Gasteiger partial charge in [-0.15, -0.1) is 0 Å². The van der Waals surface area contributed by atoms with Crippen LogP contribution in [0.5, 0.6) is 5.75 Å². The van der Waals surface area contributed by atoms with Crippen molar-refractivity contribution in [3.8, 4) is 5.75 Å². The van der Waals surface area contributed by atoms with Crippen LogP contribution in [0.15, 0.2) is 24.3 Å². The summed E-state index contributed by atoms with van der Waals surface area (Å²) in [6, 6.07) is 6.87. The molecule has 1 aromatic carbocycles. The van der Waals surface area contributed by atoms with Crippen LogP contribution in [0.3, 0.4) is 0 Å². The molecule has 0 aliphatic heterocycles. The molecule has 0 bridgehead atoms. The van der Waals surface area contributed by atoms with Crippen LogP contribution in [0, 0.1) is 0 Å². The number of primary amides is 1. The van der Waals surface area contributed by atoms with Gasteiger partial charge in [-0.25, -0.2) is 0 Å². The van der Waals surface area contributed by atoms with Crippen LogP contribution in [0.1, 0.15) is 36.0 Å². The minimum Gasteiger partial charge on any atom is -0.487 e. The zero-order valence-corrected chi connectivity index (χ0v) is 9.63. The second kappa shape index (κ2) is 5.19. The number of hydrogen-bond acceptors (Lipinski definition) is 3. The second-order valence-electron chi connectivity index (χ2n) is 4.37. The molecule has 2 rings (SSSR count). The Morgan fingerprint density at radius 3 is 2.71 bits per heavy atom. The van der Waals surface area contributed by atoms with E-state index in [9.17, 15) is 9.90 Å². The molecule has 1 saturated carbocycles. The first-order chi connectivity index (χ1) is 8.18. The predicted molar refractivity (Wildman–Crippen MR) is 63.9 cm³/mol. The molecular formula is C13H17NO3. The molecule has 0 heterocycles. The first-order valence-electron chi connectivity index (χ1n) is 5.92. The number of aliphatic hydroxyl groups is 1. The van der Waals surface area contributed by atoms with E-state index in [2.05, 4.69) is 0 Å². The van der Waals surface area contributed by atoms with Gasteiger partial charge < -0.3 is 15.6 Å². The van der Waals surface area contributed by atoms with Crippen LogP contribution in [-0.2, 0) is 0 Å². The maximum atomic E-state index is 11.2. The van der Waals surface area contributed by atoms with Crippen molar-refractivity contribution in [3.63, 3.8) is 0 Å².